The van der Waals surface area contributed by atoms with E-state index in [1.807, 2.05) is 66.7 Å². The molecule has 6 heteroatoms. The monoisotopic (exact) mass is 478 g/mol. The van der Waals surface area contributed by atoms with Crippen LogP contribution in [-0.2, 0) is 20.5 Å². The molecule has 0 amide bonds. The SMILES string of the molecule is CC(C)(C)[Si](O[C@@H]1C(O)O[C@H](COCc2ccccc2)[C@H]1O)(c1ccccc1)c1ccccc1. The molecule has 1 fully saturated rings. The Morgan fingerprint density at radius 3 is 1.79 bits per heavy atom. The van der Waals surface area contributed by atoms with E-state index >= 15 is 0 Å². The van der Waals surface area contributed by atoms with Gasteiger partial charge in [0.1, 0.15) is 18.3 Å². The average Bonchev–Trinajstić information content (AvgIpc) is 3.10. The van der Waals surface area contributed by atoms with E-state index in [4.69, 9.17) is 13.9 Å². The van der Waals surface area contributed by atoms with Crippen LogP contribution in [0.1, 0.15) is 26.3 Å². The molecule has 1 heterocycles. The summed E-state index contributed by atoms with van der Waals surface area (Å²) in [6, 6.07) is 30.2. The van der Waals surface area contributed by atoms with Crippen LogP contribution in [0.25, 0.3) is 0 Å². The molecule has 4 atom stereocenters. The summed E-state index contributed by atoms with van der Waals surface area (Å²) in [5, 5.41) is 23.9. The number of aliphatic hydroxyl groups is 2. The molecule has 1 saturated heterocycles. The second kappa shape index (κ2) is 10.5. The normalized spacial score (nSPS) is 23.2. The Kier molecular flexibility index (Phi) is 7.67. The second-order valence-corrected chi connectivity index (χ2v) is 14.1. The average molecular weight is 479 g/mol. The van der Waals surface area contributed by atoms with E-state index in [1.165, 1.54) is 0 Å². The Morgan fingerprint density at radius 1 is 0.794 bits per heavy atom. The van der Waals surface area contributed by atoms with Gasteiger partial charge in [-0.3, -0.25) is 0 Å². The number of benzene rings is 3. The van der Waals surface area contributed by atoms with Crippen LogP contribution < -0.4 is 10.4 Å². The Balaban J connectivity index is 1.60. The fourth-order valence-electron chi connectivity index (χ4n) is 4.75. The number of hydrogen-bond donors (Lipinski definition) is 2. The first-order valence-corrected chi connectivity index (χ1v) is 13.7. The van der Waals surface area contributed by atoms with Crippen LogP contribution in [0.15, 0.2) is 91.0 Å². The first-order chi connectivity index (χ1) is 16.3. The standard InChI is InChI=1S/C28H34O5Si/c1-28(2,3)34(22-15-9-5-10-16-22,23-17-11-6-12-18-23)33-26-25(29)24(32-27(26)30)20-31-19-21-13-7-4-8-14-21/h4-18,24-27,29-30H,19-20H2,1-3H3/t24-,25-,26+,27?/m1/s1. The van der Waals surface area contributed by atoms with Crippen molar-refractivity contribution in [2.24, 2.45) is 0 Å². The summed E-state index contributed by atoms with van der Waals surface area (Å²) >= 11 is 0. The lowest BCUT2D eigenvalue weighted by Crippen LogP contribution is -2.69. The van der Waals surface area contributed by atoms with Gasteiger partial charge < -0.3 is 24.1 Å². The third-order valence-electron chi connectivity index (χ3n) is 6.44. The topological polar surface area (TPSA) is 68.2 Å². The predicted molar refractivity (Wildman–Crippen MR) is 135 cm³/mol. The molecule has 180 valence electrons. The van der Waals surface area contributed by atoms with Crippen LogP contribution in [0, 0.1) is 0 Å². The molecule has 0 bridgehead atoms. The van der Waals surface area contributed by atoms with Crippen molar-refractivity contribution in [1.82, 2.24) is 0 Å². The van der Waals surface area contributed by atoms with E-state index < -0.39 is 32.9 Å². The summed E-state index contributed by atoms with van der Waals surface area (Å²) in [5.41, 5.74) is 1.04. The first kappa shape index (κ1) is 24.8. The van der Waals surface area contributed by atoms with Crippen LogP contribution in [0.5, 0.6) is 0 Å². The summed E-state index contributed by atoms with van der Waals surface area (Å²) in [4.78, 5) is 0. The van der Waals surface area contributed by atoms with Crippen molar-refractivity contribution in [1.29, 1.82) is 0 Å². The minimum atomic E-state index is -2.95. The van der Waals surface area contributed by atoms with Crippen LogP contribution in [-0.4, -0.2) is 49.7 Å². The first-order valence-electron chi connectivity index (χ1n) is 11.7. The van der Waals surface area contributed by atoms with E-state index in [2.05, 4.69) is 45.0 Å². The third-order valence-corrected chi connectivity index (χ3v) is 11.5. The van der Waals surface area contributed by atoms with Gasteiger partial charge in [-0.25, -0.2) is 0 Å². The Morgan fingerprint density at radius 2 is 1.29 bits per heavy atom. The van der Waals surface area contributed by atoms with E-state index in [1.54, 1.807) is 0 Å². The van der Waals surface area contributed by atoms with Gasteiger partial charge in [0.05, 0.1) is 13.2 Å². The van der Waals surface area contributed by atoms with Gasteiger partial charge >= 0.3 is 0 Å². The third kappa shape index (κ3) is 5.03. The molecule has 4 rings (SSSR count). The minimum absolute atomic E-state index is 0.160. The highest BCUT2D eigenvalue weighted by Gasteiger charge is 2.55. The Hall–Kier alpha value is -2.32. The lowest BCUT2D eigenvalue weighted by molar-refractivity contribution is -0.135. The van der Waals surface area contributed by atoms with Gasteiger partial charge in [0, 0.05) is 0 Å². The molecule has 1 aliphatic rings. The van der Waals surface area contributed by atoms with Crippen LogP contribution in [0.3, 0.4) is 0 Å². The predicted octanol–water partition coefficient (Wildman–Crippen LogP) is 3.23. The van der Waals surface area contributed by atoms with Crippen LogP contribution >= 0.6 is 0 Å². The van der Waals surface area contributed by atoms with Gasteiger partial charge in [0.15, 0.2) is 6.29 Å². The molecule has 3 aromatic carbocycles. The lowest BCUT2D eigenvalue weighted by Gasteiger charge is -2.45. The van der Waals surface area contributed by atoms with Crippen LogP contribution in [0.4, 0.5) is 0 Å². The maximum Gasteiger partial charge on any atom is 0.261 e. The van der Waals surface area contributed by atoms with Crippen molar-refractivity contribution in [3.8, 4) is 0 Å². The molecule has 34 heavy (non-hydrogen) atoms. The Bertz CT molecular complexity index is 983. The summed E-state index contributed by atoms with van der Waals surface area (Å²) in [6.45, 7) is 7.05. The summed E-state index contributed by atoms with van der Waals surface area (Å²) in [5.74, 6) is 0. The molecule has 0 radical (unpaired) electrons. The molecule has 2 N–H and O–H groups in total. The number of aliphatic hydroxyl groups excluding tert-OH is 2. The lowest BCUT2D eigenvalue weighted by atomic mass is 10.1. The number of hydrogen-bond acceptors (Lipinski definition) is 5. The van der Waals surface area contributed by atoms with Crippen molar-refractivity contribution >= 4 is 18.7 Å². The number of rotatable bonds is 8. The summed E-state index contributed by atoms with van der Waals surface area (Å²) < 4.78 is 18.4. The smallest absolute Gasteiger partial charge is 0.261 e. The quantitative estimate of drug-likeness (QED) is 0.487. The molecule has 5 nitrogen and oxygen atoms in total. The van der Waals surface area contributed by atoms with Gasteiger partial charge in [0.2, 0.25) is 0 Å². The summed E-state index contributed by atoms with van der Waals surface area (Å²) in [7, 11) is -2.95. The van der Waals surface area contributed by atoms with Gasteiger partial charge in [-0.2, -0.15) is 0 Å². The zero-order valence-corrected chi connectivity index (χ0v) is 21.0. The molecule has 0 saturated carbocycles. The maximum atomic E-state index is 11.2. The fourth-order valence-corrected chi connectivity index (χ4v) is 9.42. The van der Waals surface area contributed by atoms with Crippen molar-refractivity contribution < 1.29 is 24.1 Å². The maximum absolute atomic E-state index is 11.2. The second-order valence-electron chi connectivity index (χ2n) is 9.80. The molecule has 3 aromatic rings. The van der Waals surface area contributed by atoms with E-state index in [-0.39, 0.29) is 11.6 Å². The zero-order chi connectivity index (χ0) is 24.2. The van der Waals surface area contributed by atoms with E-state index in [9.17, 15) is 10.2 Å². The van der Waals surface area contributed by atoms with Crippen molar-refractivity contribution in [3.63, 3.8) is 0 Å². The Labute approximate surface area is 203 Å². The highest BCUT2D eigenvalue weighted by atomic mass is 28.4. The van der Waals surface area contributed by atoms with Gasteiger partial charge in [0.25, 0.3) is 8.32 Å². The zero-order valence-electron chi connectivity index (χ0n) is 20.0. The van der Waals surface area contributed by atoms with Crippen LogP contribution in [0.2, 0.25) is 5.04 Å². The molecule has 1 unspecified atom stereocenters. The highest BCUT2D eigenvalue weighted by molar-refractivity contribution is 6.99. The molecule has 0 aromatic heterocycles. The van der Waals surface area contributed by atoms with E-state index in [0.717, 1.165) is 15.9 Å². The minimum Gasteiger partial charge on any atom is -0.396 e. The number of ether oxygens (including phenoxy) is 2. The van der Waals surface area contributed by atoms with Gasteiger partial charge in [-0.1, -0.05) is 112 Å². The summed E-state index contributed by atoms with van der Waals surface area (Å²) in [6.07, 6.45) is -3.84. The highest BCUT2D eigenvalue weighted by Crippen LogP contribution is 2.39. The molecule has 0 spiro atoms. The molecular formula is C28H34O5Si. The largest absolute Gasteiger partial charge is 0.396 e. The van der Waals surface area contributed by atoms with E-state index in [0.29, 0.717) is 6.61 Å². The molecule has 0 aliphatic carbocycles. The van der Waals surface area contributed by atoms with Gasteiger partial charge in [-0.05, 0) is 21.0 Å². The van der Waals surface area contributed by atoms with Crippen molar-refractivity contribution in [2.45, 2.75) is 57.0 Å². The van der Waals surface area contributed by atoms with Gasteiger partial charge in [-0.15, -0.1) is 0 Å². The van der Waals surface area contributed by atoms with Crippen molar-refractivity contribution in [3.05, 3.63) is 96.6 Å². The molecule has 1 aliphatic heterocycles. The molecular weight excluding hydrogens is 444 g/mol. The fraction of sp³-hybridized carbons (Fsp3) is 0.357. The van der Waals surface area contributed by atoms with Crippen molar-refractivity contribution in [2.75, 3.05) is 6.61 Å².